The minimum atomic E-state index is -0.257. The van der Waals surface area contributed by atoms with E-state index in [1.807, 2.05) is 24.3 Å². The third kappa shape index (κ3) is 4.48. The number of nitrogens with one attached hydrogen (secondary N) is 1. The number of anilines is 1. The molecule has 1 atom stereocenters. The molecule has 1 aliphatic heterocycles. The van der Waals surface area contributed by atoms with Crippen LogP contribution in [0.2, 0.25) is 5.02 Å². The van der Waals surface area contributed by atoms with E-state index in [9.17, 15) is 9.59 Å². The van der Waals surface area contributed by atoms with Crippen LogP contribution in [0, 0.1) is 0 Å². The molecule has 0 saturated heterocycles. The first kappa shape index (κ1) is 22.7. The summed E-state index contributed by atoms with van der Waals surface area (Å²) in [7, 11) is 0. The molecule has 5 rings (SSSR count). The average Bonchev–Trinajstić information content (AvgIpc) is 3.44. The number of halogens is 1. The van der Waals surface area contributed by atoms with Crippen LogP contribution in [0.25, 0.3) is 16.7 Å². The highest BCUT2D eigenvalue weighted by Crippen LogP contribution is 2.33. The van der Waals surface area contributed by atoms with Gasteiger partial charge in [-0.15, -0.1) is 0 Å². The molecule has 1 aliphatic rings. The Morgan fingerprint density at radius 2 is 1.94 bits per heavy atom. The molecule has 0 fully saturated rings. The maximum atomic E-state index is 13.3. The molecule has 0 aliphatic carbocycles. The van der Waals surface area contributed by atoms with E-state index in [0.717, 1.165) is 30.6 Å². The number of aromatic nitrogens is 4. The van der Waals surface area contributed by atoms with Crippen molar-refractivity contribution in [1.29, 1.82) is 0 Å². The van der Waals surface area contributed by atoms with Crippen LogP contribution >= 0.6 is 23.4 Å². The van der Waals surface area contributed by atoms with Gasteiger partial charge in [0.2, 0.25) is 5.91 Å². The number of carbonyl (C=O) groups excluding carboxylic acids is 1. The van der Waals surface area contributed by atoms with Crippen molar-refractivity contribution in [3.8, 4) is 5.69 Å². The van der Waals surface area contributed by atoms with Gasteiger partial charge in [-0.3, -0.25) is 14.2 Å². The van der Waals surface area contributed by atoms with Crippen molar-refractivity contribution in [1.82, 2.24) is 19.3 Å². The second kappa shape index (κ2) is 9.64. The number of hydrogen-bond acceptors (Lipinski definition) is 5. The van der Waals surface area contributed by atoms with Crippen molar-refractivity contribution in [3.63, 3.8) is 0 Å². The largest absolute Gasteiger partial charge is 0.326 e. The van der Waals surface area contributed by atoms with Gasteiger partial charge in [0.05, 0.1) is 17.9 Å². The van der Waals surface area contributed by atoms with E-state index in [2.05, 4.69) is 29.5 Å². The lowest BCUT2D eigenvalue weighted by atomic mass is 10.1. The standard InChI is InChI=1S/C25H24ClN5O2S/c1-2-3-4-16-5-9-18(10-6-16)28-22(32)13-20-15-34-25-29-23-21(24(33)30(20)25)14-27-31(23)19-11-7-17(26)8-12-19/h5-12,14,20H,2-4,13,15H2,1H3,(H,28,32). The molecule has 1 N–H and O–H groups in total. The van der Waals surface area contributed by atoms with Crippen molar-refractivity contribution >= 4 is 46.0 Å². The summed E-state index contributed by atoms with van der Waals surface area (Å²) in [5.74, 6) is 0.496. The Morgan fingerprint density at radius 1 is 1.18 bits per heavy atom. The normalized spacial score (nSPS) is 14.9. The fraction of sp³-hybridized carbons (Fsp3) is 0.280. The number of hydrogen-bond donors (Lipinski definition) is 1. The Morgan fingerprint density at radius 3 is 2.68 bits per heavy atom. The zero-order valence-corrected chi connectivity index (χ0v) is 20.3. The summed E-state index contributed by atoms with van der Waals surface area (Å²) in [6.45, 7) is 2.17. The molecule has 3 heterocycles. The summed E-state index contributed by atoms with van der Waals surface area (Å²) in [4.78, 5) is 30.8. The average molecular weight is 494 g/mol. The van der Waals surface area contributed by atoms with Gasteiger partial charge in [0.15, 0.2) is 10.8 Å². The number of fused-ring (bicyclic) bond motifs is 2. The first-order valence-electron chi connectivity index (χ1n) is 11.3. The number of aryl methyl sites for hydroxylation is 1. The molecule has 0 bridgehead atoms. The highest BCUT2D eigenvalue weighted by molar-refractivity contribution is 7.99. The summed E-state index contributed by atoms with van der Waals surface area (Å²) in [5, 5.41) is 8.98. The maximum absolute atomic E-state index is 13.3. The highest BCUT2D eigenvalue weighted by Gasteiger charge is 2.29. The Hall–Kier alpha value is -3.10. The van der Waals surface area contributed by atoms with Gasteiger partial charge >= 0.3 is 0 Å². The molecule has 0 spiro atoms. The van der Waals surface area contributed by atoms with Gasteiger partial charge < -0.3 is 5.32 Å². The summed E-state index contributed by atoms with van der Waals surface area (Å²) in [5.41, 5.74) is 3.13. The third-order valence-corrected chi connectivity index (χ3v) is 7.27. The van der Waals surface area contributed by atoms with Crippen LogP contribution in [0.15, 0.2) is 64.7 Å². The summed E-state index contributed by atoms with van der Waals surface area (Å²) in [6, 6.07) is 14.9. The van der Waals surface area contributed by atoms with Crippen molar-refractivity contribution in [2.45, 2.75) is 43.8 Å². The number of rotatable bonds is 7. The van der Waals surface area contributed by atoms with Crippen LogP contribution in [0.1, 0.15) is 37.8 Å². The van der Waals surface area contributed by atoms with Gasteiger partial charge in [-0.2, -0.15) is 5.10 Å². The minimum absolute atomic E-state index is 0.122. The van der Waals surface area contributed by atoms with Crippen LogP contribution in [0.5, 0.6) is 0 Å². The number of benzene rings is 2. The Bertz CT molecular complexity index is 1400. The smallest absolute Gasteiger partial charge is 0.265 e. The van der Waals surface area contributed by atoms with Crippen LogP contribution in [0.4, 0.5) is 5.69 Å². The predicted octanol–water partition coefficient (Wildman–Crippen LogP) is 5.25. The fourth-order valence-electron chi connectivity index (χ4n) is 4.11. The molecule has 7 nitrogen and oxygen atoms in total. The Labute approximate surface area is 206 Å². The summed E-state index contributed by atoms with van der Waals surface area (Å²) < 4.78 is 3.27. The molecule has 34 heavy (non-hydrogen) atoms. The van der Waals surface area contributed by atoms with E-state index in [1.165, 1.54) is 23.5 Å². The number of thioether (sulfide) groups is 1. The Balaban J connectivity index is 1.34. The minimum Gasteiger partial charge on any atom is -0.326 e. The quantitative estimate of drug-likeness (QED) is 0.355. The molecule has 1 unspecified atom stereocenters. The van der Waals surface area contributed by atoms with Crippen LogP contribution in [0.3, 0.4) is 0 Å². The molecule has 174 valence electrons. The maximum Gasteiger partial charge on any atom is 0.265 e. The zero-order chi connectivity index (χ0) is 23.7. The van der Waals surface area contributed by atoms with Gasteiger partial charge in [-0.25, -0.2) is 9.67 Å². The third-order valence-electron chi connectivity index (χ3n) is 5.92. The molecule has 9 heteroatoms. The van der Waals surface area contributed by atoms with E-state index in [-0.39, 0.29) is 23.9 Å². The molecular weight excluding hydrogens is 470 g/mol. The van der Waals surface area contributed by atoms with Gasteiger partial charge in [0.1, 0.15) is 5.39 Å². The second-order valence-electron chi connectivity index (χ2n) is 8.36. The van der Waals surface area contributed by atoms with E-state index in [4.69, 9.17) is 16.6 Å². The number of unbranched alkanes of at least 4 members (excludes halogenated alkanes) is 1. The van der Waals surface area contributed by atoms with Gasteiger partial charge in [0, 0.05) is 22.9 Å². The lowest BCUT2D eigenvalue weighted by molar-refractivity contribution is -0.116. The molecule has 0 saturated carbocycles. The van der Waals surface area contributed by atoms with E-state index >= 15 is 0 Å². The zero-order valence-electron chi connectivity index (χ0n) is 18.7. The number of carbonyl (C=O) groups is 1. The topological polar surface area (TPSA) is 81.8 Å². The van der Waals surface area contributed by atoms with Crippen LogP contribution in [-0.4, -0.2) is 31.0 Å². The molecule has 1 amide bonds. The Kier molecular flexibility index (Phi) is 6.43. The van der Waals surface area contributed by atoms with Crippen molar-refractivity contribution in [2.75, 3.05) is 11.1 Å². The first-order valence-corrected chi connectivity index (χ1v) is 12.7. The summed E-state index contributed by atoms with van der Waals surface area (Å²) in [6.07, 6.45) is 5.09. The molecule has 4 aromatic rings. The number of amides is 1. The highest BCUT2D eigenvalue weighted by atomic mass is 35.5. The molecule has 2 aromatic heterocycles. The van der Waals surface area contributed by atoms with E-state index in [1.54, 1.807) is 21.4 Å². The van der Waals surface area contributed by atoms with Crippen molar-refractivity contribution in [2.24, 2.45) is 0 Å². The lowest BCUT2D eigenvalue weighted by Gasteiger charge is -2.14. The first-order chi connectivity index (χ1) is 16.5. The van der Waals surface area contributed by atoms with E-state index < -0.39 is 0 Å². The second-order valence-corrected chi connectivity index (χ2v) is 9.78. The van der Waals surface area contributed by atoms with Gasteiger partial charge in [-0.05, 0) is 54.8 Å². The van der Waals surface area contributed by atoms with Crippen molar-refractivity contribution < 1.29 is 4.79 Å². The van der Waals surface area contributed by atoms with Gasteiger partial charge in [-0.1, -0.05) is 48.8 Å². The monoisotopic (exact) mass is 493 g/mol. The van der Waals surface area contributed by atoms with Gasteiger partial charge in [0.25, 0.3) is 5.56 Å². The van der Waals surface area contributed by atoms with Crippen LogP contribution < -0.4 is 10.9 Å². The fourth-order valence-corrected chi connectivity index (χ4v) is 5.37. The predicted molar refractivity (Wildman–Crippen MR) is 136 cm³/mol. The lowest BCUT2D eigenvalue weighted by Crippen LogP contribution is -2.27. The van der Waals surface area contributed by atoms with Crippen molar-refractivity contribution in [3.05, 3.63) is 75.7 Å². The molecule has 0 radical (unpaired) electrons. The van der Waals surface area contributed by atoms with Crippen LogP contribution in [-0.2, 0) is 11.2 Å². The number of nitrogens with zero attached hydrogens (tertiary/aromatic N) is 4. The molecule has 2 aromatic carbocycles. The van der Waals surface area contributed by atoms with E-state index in [0.29, 0.717) is 27.0 Å². The summed E-state index contributed by atoms with van der Waals surface area (Å²) >= 11 is 7.47. The molecular formula is C25H24ClN5O2S. The SMILES string of the molecule is CCCCc1ccc(NC(=O)CC2CSc3nc4c(cnn4-c4ccc(Cl)cc4)c(=O)n32)cc1.